The fourth-order valence-corrected chi connectivity index (χ4v) is 2.92. The van der Waals surface area contributed by atoms with E-state index in [4.69, 9.17) is 9.26 Å². The van der Waals surface area contributed by atoms with E-state index in [2.05, 4.69) is 15.5 Å². The quantitative estimate of drug-likeness (QED) is 0.817. The molecule has 7 nitrogen and oxygen atoms in total. The Balaban J connectivity index is 1.59. The third-order valence-electron chi connectivity index (χ3n) is 4.87. The summed E-state index contributed by atoms with van der Waals surface area (Å²) in [5.41, 5.74) is 0.987. The maximum absolute atomic E-state index is 12.6. The third-order valence-corrected chi connectivity index (χ3v) is 4.87. The molecule has 1 fully saturated rings. The number of hydrogen-bond donors (Lipinski definition) is 1. The zero-order valence-corrected chi connectivity index (χ0v) is 15.6. The summed E-state index contributed by atoms with van der Waals surface area (Å²) >= 11 is 0. The van der Waals surface area contributed by atoms with Crippen molar-refractivity contribution in [2.45, 2.75) is 51.6 Å². The fraction of sp³-hybridized carbons (Fsp3) is 0.526. The van der Waals surface area contributed by atoms with Crippen LogP contribution in [0.25, 0.3) is 0 Å². The minimum absolute atomic E-state index is 0.137. The van der Waals surface area contributed by atoms with Gasteiger partial charge in [0, 0.05) is 12.5 Å². The average molecular weight is 358 g/mol. The Morgan fingerprint density at radius 3 is 2.92 bits per heavy atom. The SMILES string of the molecule is CCN(Cc1noc(C2CCC2)n1)C(=O)N[C@H](C)c1cccc(OC)c1. The molecule has 0 radical (unpaired) electrons. The molecular formula is C19H26N4O3. The van der Waals surface area contributed by atoms with E-state index in [0.29, 0.717) is 30.7 Å². The lowest BCUT2D eigenvalue weighted by Gasteiger charge is -2.23. The Bertz CT molecular complexity index is 742. The van der Waals surface area contributed by atoms with Gasteiger partial charge in [0.1, 0.15) is 5.75 Å². The predicted octanol–water partition coefficient (Wildman–Crippen LogP) is 3.64. The van der Waals surface area contributed by atoms with Crippen molar-refractivity contribution >= 4 is 6.03 Å². The molecule has 2 amide bonds. The number of urea groups is 1. The van der Waals surface area contributed by atoms with Crippen molar-refractivity contribution in [3.8, 4) is 5.75 Å². The standard InChI is InChI=1S/C19H26N4O3/c1-4-23(12-17-21-18(26-22-17)14-7-5-8-14)19(24)20-13(2)15-9-6-10-16(11-15)25-3/h6,9-11,13-14H,4-5,7-8,12H2,1-3H3,(H,20,24)/t13-/m1/s1. The molecular weight excluding hydrogens is 332 g/mol. The highest BCUT2D eigenvalue weighted by Gasteiger charge is 2.26. The van der Waals surface area contributed by atoms with Crippen molar-refractivity contribution in [2.24, 2.45) is 0 Å². The first-order valence-corrected chi connectivity index (χ1v) is 9.12. The highest BCUT2D eigenvalue weighted by Crippen LogP contribution is 2.35. The van der Waals surface area contributed by atoms with Gasteiger partial charge in [0.05, 0.1) is 19.7 Å². The molecule has 2 aromatic rings. The molecule has 1 aromatic carbocycles. The van der Waals surface area contributed by atoms with E-state index in [-0.39, 0.29) is 12.1 Å². The molecule has 0 saturated heterocycles. The number of hydrogen-bond acceptors (Lipinski definition) is 5. The number of carbonyl (C=O) groups excluding carboxylic acids is 1. The van der Waals surface area contributed by atoms with Crippen molar-refractivity contribution in [1.82, 2.24) is 20.4 Å². The first kappa shape index (κ1) is 18.2. The van der Waals surface area contributed by atoms with E-state index in [1.54, 1.807) is 12.0 Å². The van der Waals surface area contributed by atoms with Gasteiger partial charge in [-0.25, -0.2) is 4.79 Å². The van der Waals surface area contributed by atoms with Gasteiger partial charge in [-0.1, -0.05) is 23.7 Å². The van der Waals surface area contributed by atoms with Crippen LogP contribution in [-0.2, 0) is 6.54 Å². The maximum atomic E-state index is 12.6. The lowest BCUT2D eigenvalue weighted by Crippen LogP contribution is -2.40. The number of amides is 2. The summed E-state index contributed by atoms with van der Waals surface area (Å²) in [5.74, 6) is 2.42. The fourth-order valence-electron chi connectivity index (χ4n) is 2.92. The number of nitrogens with one attached hydrogen (secondary N) is 1. The Hall–Kier alpha value is -2.57. The van der Waals surface area contributed by atoms with E-state index in [9.17, 15) is 4.79 Å². The summed E-state index contributed by atoms with van der Waals surface area (Å²) in [4.78, 5) is 18.7. The minimum atomic E-state index is -0.155. The lowest BCUT2D eigenvalue weighted by atomic mass is 9.85. The van der Waals surface area contributed by atoms with Crippen LogP contribution in [0.15, 0.2) is 28.8 Å². The van der Waals surface area contributed by atoms with Gasteiger partial charge in [0.2, 0.25) is 5.89 Å². The molecule has 1 aliphatic carbocycles. The zero-order valence-electron chi connectivity index (χ0n) is 15.6. The molecule has 1 aromatic heterocycles. The zero-order chi connectivity index (χ0) is 18.5. The van der Waals surface area contributed by atoms with Gasteiger partial charge in [-0.2, -0.15) is 4.98 Å². The molecule has 0 spiro atoms. The van der Waals surface area contributed by atoms with Crippen LogP contribution in [0, 0.1) is 0 Å². The van der Waals surface area contributed by atoms with Gasteiger partial charge in [-0.05, 0) is 44.4 Å². The number of carbonyl (C=O) groups is 1. The number of nitrogens with zero attached hydrogens (tertiary/aromatic N) is 3. The van der Waals surface area contributed by atoms with Crippen LogP contribution in [0.4, 0.5) is 4.79 Å². The normalized spacial score (nSPS) is 15.2. The predicted molar refractivity (Wildman–Crippen MR) is 96.9 cm³/mol. The Labute approximate surface area is 153 Å². The molecule has 1 saturated carbocycles. The van der Waals surface area contributed by atoms with Crippen molar-refractivity contribution in [3.05, 3.63) is 41.5 Å². The molecule has 1 N–H and O–H groups in total. The maximum Gasteiger partial charge on any atom is 0.318 e. The summed E-state index contributed by atoms with van der Waals surface area (Å²) < 4.78 is 10.6. The van der Waals surface area contributed by atoms with Crippen LogP contribution in [0.1, 0.15) is 62.3 Å². The molecule has 1 heterocycles. The summed E-state index contributed by atoms with van der Waals surface area (Å²) in [6, 6.07) is 7.39. The van der Waals surface area contributed by atoms with Crippen LogP contribution in [0.3, 0.4) is 0 Å². The first-order valence-electron chi connectivity index (χ1n) is 9.12. The van der Waals surface area contributed by atoms with E-state index >= 15 is 0 Å². The molecule has 0 bridgehead atoms. The second-order valence-corrected chi connectivity index (χ2v) is 6.64. The Morgan fingerprint density at radius 2 is 2.27 bits per heavy atom. The Morgan fingerprint density at radius 1 is 1.46 bits per heavy atom. The van der Waals surface area contributed by atoms with Gasteiger partial charge in [0.25, 0.3) is 0 Å². The molecule has 140 valence electrons. The van der Waals surface area contributed by atoms with Gasteiger partial charge in [-0.15, -0.1) is 0 Å². The van der Waals surface area contributed by atoms with Crippen molar-refractivity contribution in [3.63, 3.8) is 0 Å². The summed E-state index contributed by atoms with van der Waals surface area (Å²) in [6.07, 6.45) is 3.43. The third kappa shape index (κ3) is 4.15. The van der Waals surface area contributed by atoms with Gasteiger partial charge in [-0.3, -0.25) is 0 Å². The van der Waals surface area contributed by atoms with Crippen molar-refractivity contribution < 1.29 is 14.1 Å². The summed E-state index contributed by atoms with van der Waals surface area (Å²) in [7, 11) is 1.63. The van der Waals surface area contributed by atoms with Crippen molar-refractivity contribution in [2.75, 3.05) is 13.7 Å². The van der Waals surface area contributed by atoms with Gasteiger partial charge < -0.3 is 19.5 Å². The van der Waals surface area contributed by atoms with Crippen LogP contribution in [0.2, 0.25) is 0 Å². The van der Waals surface area contributed by atoms with Crippen LogP contribution in [-0.4, -0.2) is 34.7 Å². The number of methoxy groups -OCH3 is 1. The highest BCUT2D eigenvalue weighted by molar-refractivity contribution is 5.74. The number of ether oxygens (including phenoxy) is 1. The number of aromatic nitrogens is 2. The monoisotopic (exact) mass is 358 g/mol. The van der Waals surface area contributed by atoms with Crippen molar-refractivity contribution in [1.29, 1.82) is 0 Å². The molecule has 0 aliphatic heterocycles. The summed E-state index contributed by atoms with van der Waals surface area (Å²) in [5, 5.41) is 7.04. The van der Waals surface area contributed by atoms with E-state index < -0.39 is 0 Å². The minimum Gasteiger partial charge on any atom is -0.497 e. The molecule has 1 atom stereocenters. The van der Waals surface area contributed by atoms with E-state index in [1.807, 2.05) is 38.1 Å². The number of rotatable bonds is 7. The summed E-state index contributed by atoms with van der Waals surface area (Å²) in [6.45, 7) is 4.78. The topological polar surface area (TPSA) is 80.5 Å². The largest absolute Gasteiger partial charge is 0.497 e. The average Bonchev–Trinajstić information content (AvgIpc) is 3.05. The first-order chi connectivity index (χ1) is 12.6. The van der Waals surface area contributed by atoms with Crippen LogP contribution < -0.4 is 10.1 Å². The number of benzene rings is 1. The van der Waals surface area contributed by atoms with Gasteiger partial charge >= 0.3 is 6.03 Å². The second kappa shape index (κ2) is 8.21. The Kier molecular flexibility index (Phi) is 5.75. The molecule has 26 heavy (non-hydrogen) atoms. The van der Waals surface area contributed by atoms with E-state index in [0.717, 1.165) is 24.2 Å². The molecule has 0 unspecified atom stereocenters. The van der Waals surface area contributed by atoms with Gasteiger partial charge in [0.15, 0.2) is 5.82 Å². The van der Waals surface area contributed by atoms with Crippen LogP contribution >= 0.6 is 0 Å². The molecule has 3 rings (SSSR count). The molecule has 1 aliphatic rings. The molecule has 7 heteroatoms. The van der Waals surface area contributed by atoms with E-state index in [1.165, 1.54) is 6.42 Å². The second-order valence-electron chi connectivity index (χ2n) is 6.64. The highest BCUT2D eigenvalue weighted by atomic mass is 16.5. The smallest absolute Gasteiger partial charge is 0.318 e. The van der Waals surface area contributed by atoms with Crippen LogP contribution in [0.5, 0.6) is 5.75 Å². The lowest BCUT2D eigenvalue weighted by molar-refractivity contribution is 0.192.